The van der Waals surface area contributed by atoms with Crippen molar-refractivity contribution in [3.05, 3.63) is 82.1 Å². The molecule has 0 atom stereocenters. The second-order valence-electron chi connectivity index (χ2n) is 6.16. The zero-order valence-corrected chi connectivity index (χ0v) is 14.4. The Kier molecular flexibility index (Phi) is 5.29. The van der Waals surface area contributed by atoms with Gasteiger partial charge >= 0.3 is 0 Å². The number of fused-ring (bicyclic) bond motifs is 1. The number of hydrogen-bond acceptors (Lipinski definition) is 2. The van der Waals surface area contributed by atoms with E-state index in [9.17, 15) is 9.59 Å². The number of nitrogens with zero attached hydrogens (tertiary/aromatic N) is 1. The standard InChI is InChI=1S/C21H22N2O2/c1-2-3-13-23(21(25)16-9-5-4-6-10-16)15-18-14-17-11-7-8-12-19(17)22-20(18)24/h4-12,14H,2-3,13,15H2,1H3,(H,22,24). The zero-order valence-electron chi connectivity index (χ0n) is 14.4. The second kappa shape index (κ2) is 7.79. The number of nitrogens with one attached hydrogen (secondary N) is 1. The van der Waals surface area contributed by atoms with Gasteiger partial charge in [0.25, 0.3) is 11.5 Å². The van der Waals surface area contributed by atoms with Crippen LogP contribution in [0.3, 0.4) is 0 Å². The molecule has 25 heavy (non-hydrogen) atoms. The highest BCUT2D eigenvalue weighted by Gasteiger charge is 2.17. The molecule has 1 N–H and O–H groups in total. The van der Waals surface area contributed by atoms with Gasteiger partial charge in [-0.25, -0.2) is 0 Å². The number of carbonyl (C=O) groups excluding carboxylic acids is 1. The van der Waals surface area contributed by atoms with Crippen LogP contribution >= 0.6 is 0 Å². The van der Waals surface area contributed by atoms with E-state index in [0.717, 1.165) is 23.7 Å². The Bertz CT molecular complexity index is 916. The quantitative estimate of drug-likeness (QED) is 0.741. The van der Waals surface area contributed by atoms with Crippen molar-refractivity contribution in [2.24, 2.45) is 0 Å². The van der Waals surface area contributed by atoms with Crippen molar-refractivity contribution in [3.8, 4) is 0 Å². The lowest BCUT2D eigenvalue weighted by Crippen LogP contribution is -2.33. The molecule has 128 valence electrons. The van der Waals surface area contributed by atoms with E-state index in [2.05, 4.69) is 11.9 Å². The minimum atomic E-state index is -0.138. The third-order valence-corrected chi connectivity index (χ3v) is 4.28. The van der Waals surface area contributed by atoms with Crippen molar-refractivity contribution in [1.29, 1.82) is 0 Å². The van der Waals surface area contributed by atoms with Gasteiger partial charge in [-0.2, -0.15) is 0 Å². The predicted molar refractivity (Wildman–Crippen MR) is 101 cm³/mol. The molecule has 0 aliphatic heterocycles. The average Bonchev–Trinajstić information content (AvgIpc) is 2.65. The summed E-state index contributed by atoms with van der Waals surface area (Å²) in [7, 11) is 0. The van der Waals surface area contributed by atoms with E-state index in [4.69, 9.17) is 0 Å². The molecule has 0 saturated heterocycles. The van der Waals surface area contributed by atoms with Gasteiger partial charge in [-0.1, -0.05) is 49.7 Å². The summed E-state index contributed by atoms with van der Waals surface area (Å²) in [5.41, 5.74) is 1.93. The Morgan fingerprint density at radius 3 is 2.52 bits per heavy atom. The van der Waals surface area contributed by atoms with E-state index in [-0.39, 0.29) is 11.5 Å². The van der Waals surface area contributed by atoms with Crippen LogP contribution in [-0.4, -0.2) is 22.3 Å². The molecule has 3 rings (SSSR count). The van der Waals surface area contributed by atoms with E-state index in [1.807, 2.05) is 60.7 Å². The molecule has 0 aliphatic rings. The Hall–Kier alpha value is -2.88. The monoisotopic (exact) mass is 334 g/mol. The number of rotatable bonds is 6. The van der Waals surface area contributed by atoms with Crippen molar-refractivity contribution in [2.45, 2.75) is 26.3 Å². The van der Waals surface area contributed by atoms with Gasteiger partial charge < -0.3 is 9.88 Å². The number of aromatic nitrogens is 1. The molecular formula is C21H22N2O2. The molecule has 1 amide bonds. The summed E-state index contributed by atoms with van der Waals surface area (Å²) in [4.78, 5) is 29.9. The molecule has 1 aromatic heterocycles. The van der Waals surface area contributed by atoms with Gasteiger partial charge in [0, 0.05) is 23.2 Å². The summed E-state index contributed by atoms with van der Waals surface area (Å²) in [6, 6.07) is 18.8. The van der Waals surface area contributed by atoms with Crippen molar-refractivity contribution in [2.75, 3.05) is 6.54 Å². The molecular weight excluding hydrogens is 312 g/mol. The highest BCUT2D eigenvalue weighted by molar-refractivity contribution is 5.94. The van der Waals surface area contributed by atoms with Gasteiger partial charge in [-0.15, -0.1) is 0 Å². The highest BCUT2D eigenvalue weighted by atomic mass is 16.2. The number of hydrogen-bond donors (Lipinski definition) is 1. The Morgan fingerprint density at radius 1 is 1.04 bits per heavy atom. The summed E-state index contributed by atoms with van der Waals surface area (Å²) < 4.78 is 0. The van der Waals surface area contributed by atoms with Crippen molar-refractivity contribution in [1.82, 2.24) is 9.88 Å². The number of para-hydroxylation sites is 1. The number of pyridine rings is 1. The van der Waals surface area contributed by atoms with Crippen LogP contribution in [0.25, 0.3) is 10.9 Å². The number of aromatic amines is 1. The minimum Gasteiger partial charge on any atom is -0.334 e. The maximum Gasteiger partial charge on any atom is 0.254 e. The summed E-state index contributed by atoms with van der Waals surface area (Å²) >= 11 is 0. The van der Waals surface area contributed by atoms with E-state index >= 15 is 0 Å². The molecule has 4 nitrogen and oxygen atoms in total. The molecule has 3 aromatic rings. The number of carbonyl (C=O) groups is 1. The third kappa shape index (κ3) is 3.97. The van der Waals surface area contributed by atoms with Crippen LogP contribution in [-0.2, 0) is 6.54 Å². The highest BCUT2D eigenvalue weighted by Crippen LogP contribution is 2.14. The summed E-state index contributed by atoms with van der Waals surface area (Å²) in [6.07, 6.45) is 1.90. The number of benzene rings is 2. The van der Waals surface area contributed by atoms with E-state index in [1.54, 1.807) is 4.90 Å². The van der Waals surface area contributed by atoms with E-state index in [0.29, 0.717) is 24.2 Å². The summed E-state index contributed by atoms with van der Waals surface area (Å²) in [5.74, 6) is -0.0402. The predicted octanol–water partition coefficient (Wildman–Crippen LogP) is 3.97. The molecule has 0 saturated carbocycles. The Morgan fingerprint density at radius 2 is 1.76 bits per heavy atom. The van der Waals surface area contributed by atoms with Gasteiger partial charge in [0.1, 0.15) is 0 Å². The molecule has 2 aromatic carbocycles. The molecule has 0 spiro atoms. The van der Waals surface area contributed by atoms with Crippen LogP contribution in [0.2, 0.25) is 0 Å². The number of H-pyrrole nitrogens is 1. The topological polar surface area (TPSA) is 53.2 Å². The van der Waals surface area contributed by atoms with Gasteiger partial charge in [0.05, 0.1) is 6.54 Å². The lowest BCUT2D eigenvalue weighted by molar-refractivity contribution is 0.0740. The normalized spacial score (nSPS) is 10.8. The average molecular weight is 334 g/mol. The SMILES string of the molecule is CCCCN(Cc1cc2ccccc2[nH]c1=O)C(=O)c1ccccc1. The van der Waals surface area contributed by atoms with Crippen LogP contribution < -0.4 is 5.56 Å². The van der Waals surface area contributed by atoms with Crippen LogP contribution in [0, 0.1) is 0 Å². The van der Waals surface area contributed by atoms with Crippen LogP contribution in [0.1, 0.15) is 35.7 Å². The lowest BCUT2D eigenvalue weighted by atomic mass is 10.1. The molecule has 4 heteroatoms. The van der Waals surface area contributed by atoms with Crippen molar-refractivity contribution >= 4 is 16.8 Å². The first-order chi connectivity index (χ1) is 12.2. The fourth-order valence-corrected chi connectivity index (χ4v) is 2.88. The van der Waals surface area contributed by atoms with Crippen LogP contribution in [0.4, 0.5) is 0 Å². The summed E-state index contributed by atoms with van der Waals surface area (Å²) in [6.45, 7) is 3.04. The van der Waals surface area contributed by atoms with Gasteiger partial charge in [0.15, 0.2) is 0 Å². The van der Waals surface area contributed by atoms with Gasteiger partial charge in [0.2, 0.25) is 0 Å². The molecule has 0 bridgehead atoms. The maximum absolute atomic E-state index is 12.8. The molecule has 0 aliphatic carbocycles. The zero-order chi connectivity index (χ0) is 17.6. The van der Waals surface area contributed by atoms with Gasteiger partial charge in [-0.3, -0.25) is 9.59 Å². The number of amides is 1. The smallest absolute Gasteiger partial charge is 0.254 e. The Labute approximate surface area is 147 Å². The van der Waals surface area contributed by atoms with Crippen molar-refractivity contribution in [3.63, 3.8) is 0 Å². The second-order valence-corrected chi connectivity index (χ2v) is 6.16. The first-order valence-corrected chi connectivity index (χ1v) is 8.64. The van der Waals surface area contributed by atoms with Gasteiger partial charge in [-0.05, 0) is 36.1 Å². The molecule has 0 fully saturated rings. The molecule has 0 radical (unpaired) electrons. The summed E-state index contributed by atoms with van der Waals surface area (Å²) in [5, 5.41) is 0.972. The Balaban J connectivity index is 1.91. The van der Waals surface area contributed by atoms with E-state index in [1.165, 1.54) is 0 Å². The first kappa shape index (κ1) is 17.0. The van der Waals surface area contributed by atoms with E-state index < -0.39 is 0 Å². The maximum atomic E-state index is 12.8. The fraction of sp³-hybridized carbons (Fsp3) is 0.238. The first-order valence-electron chi connectivity index (χ1n) is 8.64. The minimum absolute atomic E-state index is 0.0402. The molecule has 0 unspecified atom stereocenters. The fourth-order valence-electron chi connectivity index (χ4n) is 2.88. The third-order valence-electron chi connectivity index (χ3n) is 4.28. The number of unbranched alkanes of at least 4 members (excludes halogenated alkanes) is 1. The largest absolute Gasteiger partial charge is 0.334 e. The van der Waals surface area contributed by atoms with Crippen molar-refractivity contribution < 1.29 is 4.79 Å². The molecule has 1 heterocycles. The van der Waals surface area contributed by atoms with Crippen LogP contribution in [0.5, 0.6) is 0 Å². The van der Waals surface area contributed by atoms with Crippen LogP contribution in [0.15, 0.2) is 65.5 Å². The lowest BCUT2D eigenvalue weighted by Gasteiger charge is -2.22.